The Kier molecular flexibility index (Phi) is 3.85. The number of carbonyl (C=O) groups excluding carboxylic acids is 1. The summed E-state index contributed by atoms with van der Waals surface area (Å²) in [6, 6.07) is -1.11. The molecular weight excluding hydrogens is 332 g/mol. The van der Waals surface area contributed by atoms with E-state index in [1.165, 1.54) is 10.9 Å². The van der Waals surface area contributed by atoms with Crippen molar-refractivity contribution < 1.29 is 26.4 Å². The summed E-state index contributed by atoms with van der Waals surface area (Å²) in [6.45, 7) is 2.46. The first-order valence-corrected chi connectivity index (χ1v) is 7.46. The number of carbonyl (C=O) groups is 1. The summed E-state index contributed by atoms with van der Waals surface area (Å²) >= 11 is 0. The van der Waals surface area contributed by atoms with Gasteiger partial charge in [-0.2, -0.15) is 4.98 Å². The molecule has 0 bridgehead atoms. The van der Waals surface area contributed by atoms with Gasteiger partial charge in [0.2, 0.25) is 7.38 Å². The maximum atomic E-state index is 12.1. The first-order chi connectivity index (χ1) is 14.6. The summed E-state index contributed by atoms with van der Waals surface area (Å²) in [5, 5.41) is 4.31. The molecule has 2 aromatic heterocycles. The number of anilines is 1. The minimum absolute atomic E-state index is 0.00918. The summed E-state index contributed by atoms with van der Waals surface area (Å²) in [6.07, 6.45) is 0.301. The first kappa shape index (κ1) is 12.0. The second-order valence-corrected chi connectivity index (χ2v) is 5.62. The Balaban J connectivity index is 2.12. The summed E-state index contributed by atoms with van der Waals surface area (Å²) in [4.78, 5) is 32.3. The summed E-state index contributed by atoms with van der Waals surface area (Å²) < 4.78 is 55.6. The van der Waals surface area contributed by atoms with Crippen LogP contribution in [0.2, 0.25) is 7.06 Å². The summed E-state index contributed by atoms with van der Waals surface area (Å²) in [5.41, 5.74) is -0.816. The van der Waals surface area contributed by atoms with Crippen LogP contribution in [0.5, 0.6) is 0 Å². The van der Waals surface area contributed by atoms with Gasteiger partial charge in [-0.15, -0.1) is 0 Å². The molecule has 0 aromatic carbocycles. The zero-order valence-electron chi connectivity index (χ0n) is 19.7. The predicted molar refractivity (Wildman–Crippen MR) is 88.3 cm³/mol. The molecule has 138 valence electrons. The number of hydrogen-bond donors (Lipinski definition) is 4. The predicted octanol–water partition coefficient (Wildman–Crippen LogP) is -1.44. The lowest BCUT2D eigenvalue weighted by Crippen LogP contribution is -2.39. The van der Waals surface area contributed by atoms with E-state index in [-0.39, 0.29) is 53.4 Å². The SMILES string of the molecule is [2H]OCC(COC(=O)[C@H](C(C)C)N([2H])[2H])OCn1cnc2c(=O)n([2H])c(N([2H])[2H])nc21. The van der Waals surface area contributed by atoms with E-state index in [1.807, 2.05) is 0 Å². The summed E-state index contributed by atoms with van der Waals surface area (Å²) in [7, 11) is 0. The van der Waals surface area contributed by atoms with E-state index in [0.717, 1.165) is 0 Å². The second-order valence-electron chi connectivity index (χ2n) is 5.62. The molecule has 2 atom stereocenters. The normalized spacial score (nSPS) is 17.3. The molecule has 0 fully saturated rings. The van der Waals surface area contributed by atoms with E-state index in [1.54, 1.807) is 13.8 Å². The van der Waals surface area contributed by atoms with Crippen LogP contribution in [0.1, 0.15) is 13.8 Å². The molecule has 6 N–H and O–H groups in total. The number of hydrogen-bond acceptors (Lipinski definition) is 9. The third-order valence-corrected chi connectivity index (χ3v) is 3.34. The Morgan fingerprint density at radius 3 is 3.16 bits per heavy atom. The monoisotopic (exact) mass is 360 g/mol. The molecule has 0 aliphatic heterocycles. The number of aromatic amines is 1. The number of aliphatic hydroxyl groups is 1. The number of nitrogens with one attached hydrogen (secondary N) is 1. The van der Waals surface area contributed by atoms with Crippen molar-refractivity contribution in [2.24, 2.45) is 11.6 Å². The Labute approximate surface area is 151 Å². The van der Waals surface area contributed by atoms with Crippen LogP contribution in [0.4, 0.5) is 5.95 Å². The molecule has 0 aliphatic carbocycles. The Morgan fingerprint density at radius 2 is 2.48 bits per heavy atom. The van der Waals surface area contributed by atoms with Gasteiger partial charge in [-0.3, -0.25) is 19.1 Å². The fourth-order valence-corrected chi connectivity index (χ4v) is 1.86. The van der Waals surface area contributed by atoms with Crippen molar-refractivity contribution in [3.8, 4) is 0 Å². The molecule has 0 aliphatic rings. The molecule has 25 heavy (non-hydrogen) atoms. The van der Waals surface area contributed by atoms with Crippen molar-refractivity contribution in [3.05, 3.63) is 16.7 Å². The van der Waals surface area contributed by atoms with Gasteiger partial charge in [0.25, 0.3) is 5.56 Å². The van der Waals surface area contributed by atoms with Crippen molar-refractivity contribution in [2.45, 2.75) is 32.7 Å². The first-order valence-electron chi connectivity index (χ1n) is 10.1. The van der Waals surface area contributed by atoms with Crippen LogP contribution < -0.4 is 17.0 Å². The van der Waals surface area contributed by atoms with Gasteiger partial charge >= 0.3 is 5.97 Å². The van der Waals surface area contributed by atoms with Gasteiger partial charge in [-0.05, 0) is 5.92 Å². The Morgan fingerprint density at radius 1 is 1.64 bits per heavy atom. The average Bonchev–Trinajstić information content (AvgIpc) is 3.09. The van der Waals surface area contributed by atoms with Crippen LogP contribution in [-0.2, 0) is 21.0 Å². The summed E-state index contributed by atoms with van der Waals surface area (Å²) in [5.74, 6) is -1.71. The topological polar surface area (TPSA) is 171 Å². The number of aliphatic hydroxyl groups excluding tert-OH is 1. The second kappa shape index (κ2) is 8.05. The number of fused-ring (bicyclic) bond motifs is 1. The van der Waals surface area contributed by atoms with E-state index in [0.29, 0.717) is 0 Å². The minimum atomic E-state index is -1.11. The molecule has 0 saturated heterocycles. The highest BCUT2D eigenvalue weighted by Gasteiger charge is 2.21. The molecular formula is C14H22N6O5. The highest BCUT2D eigenvalue weighted by Crippen LogP contribution is 2.08. The van der Waals surface area contributed by atoms with Crippen molar-refractivity contribution in [3.63, 3.8) is 0 Å². The third-order valence-electron chi connectivity index (χ3n) is 3.34. The molecule has 2 aromatic rings. The number of nitrogen functional groups attached to an aromatic ring is 1. The fraction of sp³-hybridized carbons (Fsp3) is 0.571. The van der Waals surface area contributed by atoms with Crippen LogP contribution in [-0.4, -0.2) is 57.4 Å². The number of aromatic nitrogens is 4. The van der Waals surface area contributed by atoms with E-state index in [4.69, 9.17) is 18.0 Å². The molecule has 0 spiro atoms. The van der Waals surface area contributed by atoms with Gasteiger partial charge in [-0.25, -0.2) is 4.98 Å². The number of imidazole rings is 1. The molecule has 2 heterocycles. The lowest BCUT2D eigenvalue weighted by atomic mass is 10.1. The van der Waals surface area contributed by atoms with Gasteiger partial charge in [0, 0.05) is 0 Å². The maximum absolute atomic E-state index is 12.1. The molecule has 11 heteroatoms. The number of ether oxygens (including phenoxy) is 2. The molecule has 2 rings (SSSR count). The molecule has 0 amide bonds. The average molecular weight is 360 g/mol. The largest absolute Gasteiger partial charge is 0.462 e. The van der Waals surface area contributed by atoms with Crippen molar-refractivity contribution >= 4 is 23.1 Å². The zero-order chi connectivity index (χ0) is 23.3. The molecule has 1 unspecified atom stereocenters. The van der Waals surface area contributed by atoms with Gasteiger partial charge < -0.3 is 26.0 Å². The number of H-pyrrole nitrogens is 1. The van der Waals surface area contributed by atoms with Gasteiger partial charge in [0.05, 0.1) is 12.9 Å². The highest BCUT2D eigenvalue weighted by molar-refractivity contribution is 5.75. The van der Waals surface area contributed by atoms with Crippen molar-refractivity contribution in [1.29, 1.82) is 1.43 Å². The third kappa shape index (κ3) is 4.53. The highest BCUT2D eigenvalue weighted by atomic mass is 16.6. The standard InChI is InChI=1S/C14H22N6O5/c1-7(2)9(15)13(23)24-4-8(3-21)25-6-20-5-17-10-11(20)18-14(16)19-12(10)22/h5,7-9,21H,3-4,6,15H2,1-2H3,(H3,16,18,19,22)/t8?,9-/m0/s1/i21D/hD5. The van der Waals surface area contributed by atoms with Crippen LogP contribution in [0, 0.1) is 5.92 Å². The van der Waals surface area contributed by atoms with Crippen molar-refractivity contribution in [2.75, 3.05) is 18.9 Å². The van der Waals surface area contributed by atoms with E-state index < -0.39 is 29.6 Å². The number of rotatable bonds is 11. The maximum Gasteiger partial charge on any atom is 0.323 e. The van der Waals surface area contributed by atoms with E-state index >= 15 is 0 Å². The van der Waals surface area contributed by atoms with Gasteiger partial charge in [0.15, 0.2) is 15.4 Å². The number of nitrogens with two attached hydrogens (primary N) is 2. The van der Waals surface area contributed by atoms with E-state index in [9.17, 15) is 9.59 Å². The smallest absolute Gasteiger partial charge is 0.323 e. The molecule has 0 radical (unpaired) electrons. The minimum Gasteiger partial charge on any atom is -0.462 e. The van der Waals surface area contributed by atoms with Crippen LogP contribution in [0.25, 0.3) is 11.2 Å². The van der Waals surface area contributed by atoms with Gasteiger partial charge in [-0.1, -0.05) is 13.8 Å². The lowest BCUT2D eigenvalue weighted by Gasteiger charge is -2.19. The Hall–Kier alpha value is -2.50. The van der Waals surface area contributed by atoms with Crippen LogP contribution in [0.15, 0.2) is 11.1 Å². The van der Waals surface area contributed by atoms with E-state index in [2.05, 4.69) is 15.1 Å². The van der Waals surface area contributed by atoms with Gasteiger partial charge in [0.1, 0.15) is 28.3 Å². The lowest BCUT2D eigenvalue weighted by molar-refractivity contribution is -0.153. The molecule has 11 nitrogen and oxygen atoms in total. The quantitative estimate of drug-likeness (QED) is 0.350. The molecule has 0 saturated carbocycles. The number of esters is 1. The van der Waals surface area contributed by atoms with Crippen LogP contribution in [0.3, 0.4) is 0 Å². The van der Waals surface area contributed by atoms with Crippen molar-refractivity contribution in [1.82, 2.24) is 19.5 Å². The Bertz CT molecular complexity index is 946. The zero-order valence-corrected chi connectivity index (χ0v) is 13.7. The number of nitrogens with zero attached hydrogens (tertiary/aromatic N) is 3. The van der Waals surface area contributed by atoms with Crippen LogP contribution >= 0.6 is 0 Å². The fourth-order valence-electron chi connectivity index (χ4n) is 1.86.